The number of piperazine rings is 1. The van der Waals surface area contributed by atoms with E-state index in [1.54, 1.807) is 0 Å². The molecule has 1 aromatic heterocycles. The number of aromatic nitrogens is 4. The number of ether oxygens (including phenoxy) is 1. The van der Waals surface area contributed by atoms with Crippen molar-refractivity contribution >= 4 is 0 Å². The van der Waals surface area contributed by atoms with E-state index in [9.17, 15) is 0 Å². The molecule has 1 unspecified atom stereocenters. The maximum Gasteiger partial charge on any atom is 0.165 e. The zero-order valence-electron chi connectivity index (χ0n) is 12.2. The summed E-state index contributed by atoms with van der Waals surface area (Å²) in [7, 11) is 0. The molecule has 2 saturated heterocycles. The van der Waals surface area contributed by atoms with Crippen LogP contribution >= 0.6 is 0 Å². The van der Waals surface area contributed by atoms with Crippen LogP contribution in [0.5, 0.6) is 0 Å². The summed E-state index contributed by atoms with van der Waals surface area (Å²) in [4.78, 5) is 4.91. The number of hydrogen-bond donors (Lipinski definition) is 0. The van der Waals surface area contributed by atoms with Crippen LogP contribution in [0, 0.1) is 0 Å². The molecule has 0 aliphatic carbocycles. The van der Waals surface area contributed by atoms with Gasteiger partial charge in [-0.05, 0) is 29.8 Å². The van der Waals surface area contributed by atoms with Gasteiger partial charge in [0.25, 0.3) is 0 Å². The molecule has 0 saturated carbocycles. The lowest BCUT2D eigenvalue weighted by atomic mass is 10.2. The number of nitrogens with zero attached hydrogens (tertiary/aromatic N) is 6. The van der Waals surface area contributed by atoms with E-state index < -0.39 is 0 Å². The Hall–Kier alpha value is -1.05. The third-order valence-electron chi connectivity index (χ3n) is 4.28. The molecular formula is C13H24N6O. The average molecular weight is 280 g/mol. The lowest BCUT2D eigenvalue weighted by Gasteiger charge is -2.33. The summed E-state index contributed by atoms with van der Waals surface area (Å²) in [6.07, 6.45) is 2.56. The highest BCUT2D eigenvalue weighted by Gasteiger charge is 2.21. The second-order valence-corrected chi connectivity index (χ2v) is 5.62. The number of likely N-dealkylation sites (N-methyl/N-ethyl adjacent to an activating group) is 1. The molecule has 7 nitrogen and oxygen atoms in total. The van der Waals surface area contributed by atoms with Crippen LogP contribution in [0.2, 0.25) is 0 Å². The first-order valence-corrected chi connectivity index (χ1v) is 7.66. The third kappa shape index (κ3) is 3.34. The summed E-state index contributed by atoms with van der Waals surface area (Å²) < 4.78 is 7.58. The van der Waals surface area contributed by atoms with Gasteiger partial charge in [0, 0.05) is 32.8 Å². The summed E-state index contributed by atoms with van der Waals surface area (Å²) >= 11 is 0. The van der Waals surface area contributed by atoms with Gasteiger partial charge in [-0.15, -0.1) is 5.10 Å². The molecule has 20 heavy (non-hydrogen) atoms. The molecule has 3 rings (SSSR count). The van der Waals surface area contributed by atoms with Crippen LogP contribution in [0.15, 0.2) is 0 Å². The Bertz CT molecular complexity index is 409. The molecule has 1 atom stereocenters. The van der Waals surface area contributed by atoms with E-state index in [0.29, 0.717) is 0 Å². The van der Waals surface area contributed by atoms with Crippen LogP contribution in [0.25, 0.3) is 0 Å². The summed E-state index contributed by atoms with van der Waals surface area (Å²) in [5.41, 5.74) is 0. The van der Waals surface area contributed by atoms with Crippen molar-refractivity contribution in [2.24, 2.45) is 0 Å². The summed E-state index contributed by atoms with van der Waals surface area (Å²) in [5, 5.41) is 12.1. The Morgan fingerprint density at radius 1 is 1.20 bits per heavy atom. The molecule has 112 valence electrons. The Kier molecular flexibility index (Phi) is 4.59. The molecule has 0 aromatic carbocycles. The fourth-order valence-electron chi connectivity index (χ4n) is 2.92. The van der Waals surface area contributed by atoms with Gasteiger partial charge >= 0.3 is 0 Å². The second-order valence-electron chi connectivity index (χ2n) is 5.62. The molecule has 7 heteroatoms. The van der Waals surface area contributed by atoms with Crippen LogP contribution < -0.4 is 0 Å². The van der Waals surface area contributed by atoms with Crippen LogP contribution in [-0.2, 0) is 17.8 Å². The van der Waals surface area contributed by atoms with Crippen LogP contribution in [-0.4, -0.2) is 75.4 Å². The van der Waals surface area contributed by atoms with E-state index in [1.807, 2.05) is 4.68 Å². The van der Waals surface area contributed by atoms with Crippen molar-refractivity contribution in [3.8, 4) is 0 Å². The second kappa shape index (κ2) is 6.60. The summed E-state index contributed by atoms with van der Waals surface area (Å²) in [5.74, 6) is 0.963. The summed E-state index contributed by atoms with van der Waals surface area (Å²) in [6.45, 7) is 10.4. The topological polar surface area (TPSA) is 59.3 Å². The Balaban J connectivity index is 1.54. The van der Waals surface area contributed by atoms with E-state index in [4.69, 9.17) is 4.74 Å². The predicted molar refractivity (Wildman–Crippen MR) is 74.2 cm³/mol. The normalized spacial score (nSPS) is 25.4. The molecule has 2 aliphatic heterocycles. The van der Waals surface area contributed by atoms with Gasteiger partial charge in [0.2, 0.25) is 0 Å². The van der Waals surface area contributed by atoms with Crippen molar-refractivity contribution in [1.82, 2.24) is 30.0 Å². The van der Waals surface area contributed by atoms with Gasteiger partial charge in [0.05, 0.1) is 19.2 Å². The molecule has 3 heterocycles. The average Bonchev–Trinajstić information content (AvgIpc) is 3.13. The van der Waals surface area contributed by atoms with E-state index in [-0.39, 0.29) is 6.10 Å². The van der Waals surface area contributed by atoms with Crippen LogP contribution in [0.3, 0.4) is 0 Å². The molecule has 1 aromatic rings. The minimum Gasteiger partial charge on any atom is -0.376 e. The van der Waals surface area contributed by atoms with E-state index >= 15 is 0 Å². The zero-order valence-corrected chi connectivity index (χ0v) is 12.2. The Labute approximate surface area is 119 Å². The molecule has 0 bridgehead atoms. The quantitative estimate of drug-likeness (QED) is 0.756. The van der Waals surface area contributed by atoms with E-state index in [2.05, 4.69) is 32.2 Å². The molecule has 2 aliphatic rings. The standard InChI is InChI=1S/C13H24N6O/c1-2-17-5-7-18(8-6-17)11-13-14-15-16-19(13)10-12-4-3-9-20-12/h12H,2-11H2,1H3. The minimum atomic E-state index is 0.286. The first-order chi connectivity index (χ1) is 9.85. The third-order valence-corrected chi connectivity index (χ3v) is 4.28. The van der Waals surface area contributed by atoms with Crippen molar-refractivity contribution in [2.45, 2.75) is 39.0 Å². The van der Waals surface area contributed by atoms with E-state index in [0.717, 1.165) is 71.1 Å². The van der Waals surface area contributed by atoms with Crippen molar-refractivity contribution in [3.63, 3.8) is 0 Å². The fraction of sp³-hybridized carbons (Fsp3) is 0.923. The molecule has 0 radical (unpaired) electrons. The van der Waals surface area contributed by atoms with Crippen LogP contribution in [0.4, 0.5) is 0 Å². The monoisotopic (exact) mass is 280 g/mol. The largest absolute Gasteiger partial charge is 0.376 e. The highest BCUT2D eigenvalue weighted by molar-refractivity contribution is 4.84. The van der Waals surface area contributed by atoms with Gasteiger partial charge in [-0.2, -0.15) is 0 Å². The highest BCUT2D eigenvalue weighted by Crippen LogP contribution is 2.14. The highest BCUT2D eigenvalue weighted by atomic mass is 16.5. The number of hydrogen-bond acceptors (Lipinski definition) is 6. The van der Waals surface area contributed by atoms with Gasteiger partial charge in [0.15, 0.2) is 5.82 Å². The molecule has 0 spiro atoms. The first-order valence-electron chi connectivity index (χ1n) is 7.66. The smallest absolute Gasteiger partial charge is 0.165 e. The maximum atomic E-state index is 5.66. The molecule has 2 fully saturated rings. The molecular weight excluding hydrogens is 256 g/mol. The van der Waals surface area contributed by atoms with Crippen molar-refractivity contribution in [1.29, 1.82) is 0 Å². The van der Waals surface area contributed by atoms with Gasteiger partial charge in [-0.3, -0.25) is 4.90 Å². The molecule has 0 amide bonds. The van der Waals surface area contributed by atoms with Gasteiger partial charge in [-0.1, -0.05) is 6.92 Å². The predicted octanol–water partition coefficient (Wildman–Crippen LogP) is -0.0104. The van der Waals surface area contributed by atoms with Gasteiger partial charge in [0.1, 0.15) is 0 Å². The fourth-order valence-corrected chi connectivity index (χ4v) is 2.92. The number of rotatable bonds is 5. The first kappa shape index (κ1) is 13.9. The minimum absolute atomic E-state index is 0.286. The lowest BCUT2D eigenvalue weighted by Crippen LogP contribution is -2.46. The number of tetrazole rings is 1. The maximum absolute atomic E-state index is 5.66. The van der Waals surface area contributed by atoms with Crippen molar-refractivity contribution < 1.29 is 4.74 Å². The van der Waals surface area contributed by atoms with Crippen molar-refractivity contribution in [2.75, 3.05) is 39.3 Å². The van der Waals surface area contributed by atoms with Crippen molar-refractivity contribution in [3.05, 3.63) is 5.82 Å². The van der Waals surface area contributed by atoms with Gasteiger partial charge < -0.3 is 9.64 Å². The van der Waals surface area contributed by atoms with Gasteiger partial charge in [-0.25, -0.2) is 4.68 Å². The van der Waals surface area contributed by atoms with Crippen LogP contribution in [0.1, 0.15) is 25.6 Å². The Morgan fingerprint density at radius 3 is 2.70 bits per heavy atom. The van der Waals surface area contributed by atoms with E-state index in [1.165, 1.54) is 0 Å². The molecule has 0 N–H and O–H groups in total. The zero-order chi connectivity index (χ0) is 13.8. The summed E-state index contributed by atoms with van der Waals surface area (Å²) in [6, 6.07) is 0. The SMILES string of the molecule is CCN1CCN(Cc2nnnn2CC2CCCO2)CC1. The Morgan fingerprint density at radius 2 is 2.00 bits per heavy atom. The lowest BCUT2D eigenvalue weighted by molar-refractivity contribution is 0.0898.